The van der Waals surface area contributed by atoms with Crippen LogP contribution in [0.1, 0.15) is 16.1 Å². The van der Waals surface area contributed by atoms with E-state index in [2.05, 4.69) is 9.72 Å². The smallest absolute Gasteiger partial charge is 0.436 e. The zero-order chi connectivity index (χ0) is 15.8. The molecule has 0 radical (unpaired) electrons. The van der Waals surface area contributed by atoms with Gasteiger partial charge in [-0.1, -0.05) is 6.07 Å². The average molecular weight is 305 g/mol. The normalized spacial score (nSPS) is 13.2. The fourth-order valence-corrected chi connectivity index (χ4v) is 1.41. The Balaban J connectivity index is 3.65. The van der Waals surface area contributed by atoms with Gasteiger partial charge in [-0.15, -0.1) is 0 Å². The third kappa shape index (κ3) is 2.41. The van der Waals surface area contributed by atoms with Crippen LogP contribution in [0.2, 0.25) is 0 Å². The number of aromatic nitrogens is 1. The number of carbonyl (C=O) groups is 1. The second-order valence-corrected chi connectivity index (χ2v) is 3.55. The quantitative estimate of drug-likeness (QED) is 0.622. The summed E-state index contributed by atoms with van der Waals surface area (Å²) >= 11 is 0. The monoisotopic (exact) mass is 305 g/mol. The number of pyridine rings is 1. The maximum Gasteiger partial charge on any atom is 0.436 e. The third-order valence-electron chi connectivity index (χ3n) is 2.34. The van der Waals surface area contributed by atoms with Gasteiger partial charge in [0.1, 0.15) is 0 Å². The lowest BCUT2D eigenvalue weighted by Gasteiger charge is -2.30. The predicted molar refractivity (Wildman–Crippen MR) is 50.5 cm³/mol. The maximum atomic E-state index is 13.8. The molecule has 0 atom stereocenters. The third-order valence-corrected chi connectivity index (χ3v) is 2.34. The first-order valence-electron chi connectivity index (χ1n) is 4.83. The van der Waals surface area contributed by atoms with E-state index >= 15 is 0 Å². The van der Waals surface area contributed by atoms with Crippen LogP contribution in [0.3, 0.4) is 0 Å². The molecule has 0 bridgehead atoms. The Morgan fingerprint density at radius 1 is 1.10 bits per heavy atom. The van der Waals surface area contributed by atoms with Crippen LogP contribution in [-0.2, 0) is 10.4 Å². The minimum absolute atomic E-state index is 0.181. The van der Waals surface area contributed by atoms with Gasteiger partial charge in [0.05, 0.1) is 7.11 Å². The highest BCUT2D eigenvalue weighted by molar-refractivity contribution is 5.89. The van der Waals surface area contributed by atoms with Gasteiger partial charge in [-0.25, -0.2) is 14.2 Å². The molecule has 0 N–H and O–H groups in total. The molecule has 10 heteroatoms. The maximum absolute atomic E-state index is 13.8. The van der Waals surface area contributed by atoms with Crippen LogP contribution in [0.15, 0.2) is 18.3 Å². The first kappa shape index (κ1) is 16.2. The molecular formula is C10H6F7NO2. The number of alkyl halides is 7. The van der Waals surface area contributed by atoms with Crippen molar-refractivity contribution in [3.63, 3.8) is 0 Å². The molecular weight excluding hydrogens is 299 g/mol. The largest absolute Gasteiger partial charge is 0.464 e. The van der Waals surface area contributed by atoms with Gasteiger partial charge in [0.2, 0.25) is 0 Å². The first-order chi connectivity index (χ1) is 8.96. The Bertz CT molecular complexity index is 495. The van der Waals surface area contributed by atoms with E-state index in [1.165, 1.54) is 0 Å². The molecule has 0 saturated carbocycles. The molecule has 0 saturated heterocycles. The molecule has 0 amide bonds. The van der Waals surface area contributed by atoms with E-state index < -0.39 is 35.2 Å². The van der Waals surface area contributed by atoms with Gasteiger partial charge in [-0.2, -0.15) is 26.3 Å². The number of hydrogen-bond acceptors (Lipinski definition) is 3. The lowest BCUT2D eigenvalue weighted by Crippen LogP contribution is -2.51. The second kappa shape index (κ2) is 4.91. The van der Waals surface area contributed by atoms with E-state index in [1.54, 1.807) is 0 Å². The number of rotatable bonds is 2. The molecule has 1 aromatic rings. The van der Waals surface area contributed by atoms with Gasteiger partial charge < -0.3 is 4.74 Å². The number of ether oxygens (including phenoxy) is 1. The van der Waals surface area contributed by atoms with Crippen molar-refractivity contribution in [1.29, 1.82) is 0 Å². The standard InChI is InChI=1S/C10H6F7NO2/c1-20-7(19)6-5(3-2-4-18-6)8(11,9(12,13)14)10(15,16)17/h2-4H,1H3. The van der Waals surface area contributed by atoms with Gasteiger partial charge in [-0.3, -0.25) is 0 Å². The van der Waals surface area contributed by atoms with Gasteiger partial charge in [0, 0.05) is 11.8 Å². The lowest BCUT2D eigenvalue weighted by molar-refractivity contribution is -0.348. The van der Waals surface area contributed by atoms with Crippen LogP contribution in [0.5, 0.6) is 0 Å². The first-order valence-corrected chi connectivity index (χ1v) is 4.83. The summed E-state index contributed by atoms with van der Waals surface area (Å²) in [7, 11) is 0.710. The number of hydrogen-bond donors (Lipinski definition) is 0. The van der Waals surface area contributed by atoms with Gasteiger partial charge >= 0.3 is 24.0 Å². The molecule has 1 aromatic heterocycles. The van der Waals surface area contributed by atoms with Crippen molar-refractivity contribution in [2.24, 2.45) is 0 Å². The number of carbonyl (C=O) groups excluding carboxylic acids is 1. The Kier molecular flexibility index (Phi) is 3.97. The van der Waals surface area contributed by atoms with Gasteiger partial charge in [-0.05, 0) is 6.07 Å². The molecule has 3 nitrogen and oxygen atoms in total. The van der Waals surface area contributed by atoms with Crippen molar-refractivity contribution in [3.05, 3.63) is 29.6 Å². The Morgan fingerprint density at radius 3 is 2.00 bits per heavy atom. The van der Waals surface area contributed by atoms with E-state index in [-0.39, 0.29) is 6.07 Å². The average Bonchev–Trinajstić information content (AvgIpc) is 2.34. The molecule has 0 aliphatic rings. The van der Waals surface area contributed by atoms with Crippen molar-refractivity contribution < 1.29 is 40.3 Å². The summed E-state index contributed by atoms with van der Waals surface area (Å²) in [6.07, 6.45) is -11.9. The zero-order valence-corrected chi connectivity index (χ0v) is 9.64. The van der Waals surface area contributed by atoms with Crippen LogP contribution in [0, 0.1) is 0 Å². The summed E-state index contributed by atoms with van der Waals surface area (Å²) in [5, 5.41) is 0. The van der Waals surface area contributed by atoms with Crippen molar-refractivity contribution in [2.45, 2.75) is 18.0 Å². The highest BCUT2D eigenvalue weighted by Crippen LogP contribution is 2.53. The van der Waals surface area contributed by atoms with Crippen molar-refractivity contribution in [3.8, 4) is 0 Å². The highest BCUT2D eigenvalue weighted by atomic mass is 19.4. The van der Waals surface area contributed by atoms with Gasteiger partial charge in [0.15, 0.2) is 5.69 Å². The van der Waals surface area contributed by atoms with Crippen LogP contribution in [0.4, 0.5) is 30.7 Å². The molecule has 0 spiro atoms. The molecule has 1 rings (SSSR count). The van der Waals surface area contributed by atoms with E-state index in [0.29, 0.717) is 13.2 Å². The summed E-state index contributed by atoms with van der Waals surface area (Å²) in [6.45, 7) is 0. The molecule has 20 heavy (non-hydrogen) atoms. The van der Waals surface area contributed by atoms with Crippen molar-refractivity contribution in [2.75, 3.05) is 7.11 Å². The van der Waals surface area contributed by atoms with E-state index in [4.69, 9.17) is 0 Å². The van der Waals surface area contributed by atoms with E-state index in [1.807, 2.05) is 0 Å². The van der Waals surface area contributed by atoms with Crippen LogP contribution >= 0.6 is 0 Å². The molecule has 0 aliphatic heterocycles. The van der Waals surface area contributed by atoms with Crippen molar-refractivity contribution in [1.82, 2.24) is 4.98 Å². The fourth-order valence-electron chi connectivity index (χ4n) is 1.41. The minimum Gasteiger partial charge on any atom is -0.464 e. The molecule has 0 aromatic carbocycles. The summed E-state index contributed by atoms with van der Waals surface area (Å²) in [6, 6.07) is 0.827. The molecule has 112 valence electrons. The second-order valence-electron chi connectivity index (χ2n) is 3.55. The van der Waals surface area contributed by atoms with Crippen LogP contribution < -0.4 is 0 Å². The zero-order valence-electron chi connectivity index (χ0n) is 9.64. The number of methoxy groups -OCH3 is 1. The topological polar surface area (TPSA) is 39.2 Å². The predicted octanol–water partition coefficient (Wildman–Crippen LogP) is 3.16. The number of esters is 1. The SMILES string of the molecule is COC(=O)c1ncccc1C(F)(C(F)(F)F)C(F)(F)F. The Morgan fingerprint density at radius 2 is 1.60 bits per heavy atom. The van der Waals surface area contributed by atoms with Crippen LogP contribution in [0.25, 0.3) is 0 Å². The lowest BCUT2D eigenvalue weighted by atomic mass is 9.92. The summed E-state index contributed by atoms with van der Waals surface area (Å²) in [5.41, 5.74) is -9.09. The highest BCUT2D eigenvalue weighted by Gasteiger charge is 2.74. The Hall–Kier alpha value is -1.87. The Labute approximate surface area is 107 Å². The molecule has 0 aliphatic carbocycles. The van der Waals surface area contributed by atoms with Crippen LogP contribution in [-0.4, -0.2) is 30.4 Å². The summed E-state index contributed by atoms with van der Waals surface area (Å²) in [4.78, 5) is 14.2. The molecule has 1 heterocycles. The van der Waals surface area contributed by atoms with Crippen molar-refractivity contribution >= 4 is 5.97 Å². The number of nitrogens with zero attached hydrogens (tertiary/aromatic N) is 1. The molecule has 0 fully saturated rings. The summed E-state index contributed by atoms with van der Waals surface area (Å²) < 4.78 is 93.1. The summed E-state index contributed by atoms with van der Waals surface area (Å²) in [5.74, 6) is -1.61. The van der Waals surface area contributed by atoms with E-state index in [9.17, 15) is 35.5 Å². The van der Waals surface area contributed by atoms with Gasteiger partial charge in [0.25, 0.3) is 0 Å². The minimum atomic E-state index is -6.32. The van der Waals surface area contributed by atoms with E-state index in [0.717, 1.165) is 6.20 Å². The molecule has 0 unspecified atom stereocenters. The number of halogens is 7. The fraction of sp³-hybridized carbons (Fsp3) is 0.400.